The second-order valence-electron chi connectivity index (χ2n) is 3.78. The number of carbonyl (C=O) groups excluding carboxylic acids is 1. The third-order valence-electron chi connectivity index (χ3n) is 2.38. The highest BCUT2D eigenvalue weighted by Crippen LogP contribution is 2.32. The third-order valence-corrected chi connectivity index (χ3v) is 6.67. The number of sulfonamides is 1. The second-order valence-corrected chi connectivity index (χ2v) is 8.26. The Bertz CT molecular complexity index is 728. The molecule has 2 heterocycles. The van der Waals surface area contributed by atoms with Crippen LogP contribution in [0.5, 0.6) is 0 Å². The molecule has 0 amide bonds. The van der Waals surface area contributed by atoms with E-state index in [0.29, 0.717) is 9.90 Å². The van der Waals surface area contributed by atoms with Crippen LogP contribution in [0.3, 0.4) is 0 Å². The lowest BCUT2D eigenvalue weighted by Crippen LogP contribution is -2.13. The van der Waals surface area contributed by atoms with Gasteiger partial charge in [0.25, 0.3) is 10.0 Å². The average molecular weight is 352 g/mol. The minimum absolute atomic E-state index is 0.0991. The lowest BCUT2D eigenvalue weighted by atomic mass is 10.4. The highest BCUT2D eigenvalue weighted by atomic mass is 35.5. The average Bonchev–Trinajstić information content (AvgIpc) is 2.96. The number of esters is 1. The smallest absolute Gasteiger partial charge is 0.350 e. The Hall–Kier alpha value is -1.09. The number of carbonyl (C=O) groups is 1. The Morgan fingerprint density at radius 1 is 1.45 bits per heavy atom. The largest absolute Gasteiger partial charge is 0.465 e. The number of hydrogen-bond donors (Lipinski definition) is 1. The minimum Gasteiger partial charge on any atom is -0.465 e. The summed E-state index contributed by atoms with van der Waals surface area (Å²) in [6.07, 6.45) is 0. The summed E-state index contributed by atoms with van der Waals surface area (Å²) < 4.78 is 31.9. The van der Waals surface area contributed by atoms with Crippen molar-refractivity contribution in [2.75, 3.05) is 11.8 Å². The molecule has 2 rings (SSSR count). The van der Waals surface area contributed by atoms with Crippen LogP contribution >= 0.6 is 34.3 Å². The van der Waals surface area contributed by atoms with Gasteiger partial charge in [-0.2, -0.15) is 0 Å². The summed E-state index contributed by atoms with van der Waals surface area (Å²) in [5.74, 6) is -0.585. The van der Waals surface area contributed by atoms with Gasteiger partial charge in [-0.3, -0.25) is 4.72 Å². The molecule has 0 aliphatic rings. The number of hydrogen-bond acceptors (Lipinski definition) is 6. The Kier molecular flexibility index (Phi) is 4.38. The highest BCUT2D eigenvalue weighted by Gasteiger charge is 2.22. The van der Waals surface area contributed by atoms with Gasteiger partial charge in [0, 0.05) is 0 Å². The van der Waals surface area contributed by atoms with Crippen LogP contribution in [0.4, 0.5) is 5.69 Å². The van der Waals surface area contributed by atoms with Crippen molar-refractivity contribution in [2.24, 2.45) is 0 Å². The maximum Gasteiger partial charge on any atom is 0.350 e. The van der Waals surface area contributed by atoms with Gasteiger partial charge in [0.15, 0.2) is 0 Å². The van der Waals surface area contributed by atoms with E-state index >= 15 is 0 Å². The Morgan fingerprint density at radius 2 is 2.15 bits per heavy atom. The van der Waals surface area contributed by atoms with Crippen LogP contribution in [-0.4, -0.2) is 21.5 Å². The molecule has 108 valence electrons. The molecule has 0 aromatic carbocycles. The van der Waals surface area contributed by atoms with Crippen molar-refractivity contribution in [1.82, 2.24) is 0 Å². The van der Waals surface area contributed by atoms with E-state index in [1.54, 1.807) is 12.3 Å². The van der Waals surface area contributed by atoms with Crippen LogP contribution in [0, 0.1) is 6.92 Å². The summed E-state index contributed by atoms with van der Waals surface area (Å²) in [6, 6.07) is 3.00. The molecule has 0 saturated heterocycles. The number of rotatable bonds is 4. The Balaban J connectivity index is 2.34. The number of ether oxygens (including phenoxy) is 1. The molecule has 0 aliphatic carbocycles. The predicted molar refractivity (Wildman–Crippen MR) is 80.5 cm³/mol. The summed E-state index contributed by atoms with van der Waals surface area (Å²) in [7, 11) is -2.53. The fourth-order valence-corrected chi connectivity index (χ4v) is 5.01. The van der Waals surface area contributed by atoms with Crippen molar-refractivity contribution in [2.45, 2.75) is 11.1 Å². The number of methoxy groups -OCH3 is 1. The normalized spacial score (nSPS) is 11.3. The van der Waals surface area contributed by atoms with Crippen molar-refractivity contribution < 1.29 is 17.9 Å². The maximum atomic E-state index is 12.2. The van der Waals surface area contributed by atoms with Crippen molar-refractivity contribution in [1.29, 1.82) is 0 Å². The first kappa shape index (κ1) is 15.3. The first-order valence-corrected chi connectivity index (χ1v) is 8.85. The summed E-state index contributed by atoms with van der Waals surface area (Å²) in [5, 5.41) is 1.61. The molecule has 0 fully saturated rings. The molecule has 2 aromatic heterocycles. The zero-order chi connectivity index (χ0) is 14.9. The Morgan fingerprint density at radius 3 is 2.70 bits per heavy atom. The second kappa shape index (κ2) is 5.72. The number of halogens is 1. The van der Waals surface area contributed by atoms with Crippen molar-refractivity contribution in [3.8, 4) is 0 Å². The molecule has 0 bridgehead atoms. The van der Waals surface area contributed by atoms with Crippen LogP contribution in [-0.2, 0) is 14.8 Å². The molecular weight excluding hydrogens is 342 g/mol. The quantitative estimate of drug-likeness (QED) is 0.857. The van der Waals surface area contributed by atoms with Gasteiger partial charge < -0.3 is 4.74 Å². The zero-order valence-electron chi connectivity index (χ0n) is 10.5. The van der Waals surface area contributed by atoms with Crippen LogP contribution < -0.4 is 4.72 Å². The fourth-order valence-electron chi connectivity index (χ4n) is 1.40. The van der Waals surface area contributed by atoms with Gasteiger partial charge in [0.2, 0.25) is 0 Å². The predicted octanol–water partition coefficient (Wildman–Crippen LogP) is 3.36. The molecule has 0 spiro atoms. The lowest BCUT2D eigenvalue weighted by Gasteiger charge is -2.06. The van der Waals surface area contributed by atoms with E-state index in [4.69, 9.17) is 11.6 Å². The van der Waals surface area contributed by atoms with Crippen LogP contribution in [0.15, 0.2) is 21.7 Å². The van der Waals surface area contributed by atoms with Gasteiger partial charge in [0.05, 0.1) is 17.1 Å². The first-order chi connectivity index (χ1) is 9.35. The molecule has 1 N–H and O–H groups in total. The van der Waals surface area contributed by atoms with E-state index < -0.39 is 16.0 Å². The lowest BCUT2D eigenvalue weighted by molar-refractivity contribution is 0.0607. The molecule has 20 heavy (non-hydrogen) atoms. The monoisotopic (exact) mass is 351 g/mol. The van der Waals surface area contributed by atoms with E-state index in [-0.39, 0.29) is 14.8 Å². The van der Waals surface area contributed by atoms with Crippen molar-refractivity contribution >= 4 is 56.0 Å². The number of aryl methyl sites for hydroxylation is 1. The van der Waals surface area contributed by atoms with Gasteiger partial charge in [-0.15, -0.1) is 22.7 Å². The molecule has 0 radical (unpaired) electrons. The molecule has 9 heteroatoms. The third kappa shape index (κ3) is 2.98. The molecule has 5 nitrogen and oxygen atoms in total. The standard InChI is InChI=1S/C11H10ClNO4S3/c1-6-5-8(19-10(6)12)20(15,16)13-7-3-4-18-9(7)11(14)17-2/h3-5,13H,1-2H3. The molecule has 0 saturated carbocycles. The van der Waals surface area contributed by atoms with Gasteiger partial charge in [-0.05, 0) is 30.0 Å². The zero-order valence-corrected chi connectivity index (χ0v) is 13.7. The van der Waals surface area contributed by atoms with E-state index in [1.807, 2.05) is 0 Å². The van der Waals surface area contributed by atoms with E-state index in [1.165, 1.54) is 19.2 Å². The van der Waals surface area contributed by atoms with Crippen molar-refractivity contribution in [3.05, 3.63) is 32.3 Å². The van der Waals surface area contributed by atoms with Gasteiger partial charge in [0.1, 0.15) is 9.09 Å². The SMILES string of the molecule is COC(=O)c1sccc1NS(=O)(=O)c1cc(C)c(Cl)s1. The summed E-state index contributed by atoms with van der Waals surface area (Å²) in [4.78, 5) is 11.7. The van der Waals surface area contributed by atoms with Crippen LogP contribution in [0.1, 0.15) is 15.2 Å². The van der Waals surface area contributed by atoms with E-state index in [2.05, 4.69) is 9.46 Å². The minimum atomic E-state index is -3.77. The first-order valence-electron chi connectivity index (χ1n) is 5.29. The molecule has 0 unspecified atom stereocenters. The van der Waals surface area contributed by atoms with E-state index in [9.17, 15) is 13.2 Å². The van der Waals surface area contributed by atoms with Gasteiger partial charge in [-0.25, -0.2) is 13.2 Å². The summed E-state index contributed by atoms with van der Waals surface area (Å²) in [6.45, 7) is 1.72. The summed E-state index contributed by atoms with van der Waals surface area (Å²) >= 11 is 7.94. The molecule has 2 aromatic rings. The van der Waals surface area contributed by atoms with Crippen molar-refractivity contribution in [3.63, 3.8) is 0 Å². The number of nitrogens with one attached hydrogen (secondary N) is 1. The van der Waals surface area contributed by atoms with Crippen LogP contribution in [0.2, 0.25) is 4.34 Å². The summed E-state index contributed by atoms with van der Waals surface area (Å²) in [5.41, 5.74) is 0.888. The van der Waals surface area contributed by atoms with Crippen LogP contribution in [0.25, 0.3) is 0 Å². The molecular formula is C11H10ClNO4S3. The maximum absolute atomic E-state index is 12.2. The highest BCUT2D eigenvalue weighted by molar-refractivity contribution is 7.94. The van der Waals surface area contributed by atoms with E-state index in [0.717, 1.165) is 22.7 Å². The Labute approximate surface area is 129 Å². The van der Waals surface area contributed by atoms with Gasteiger partial charge in [-0.1, -0.05) is 11.6 Å². The molecule has 0 atom stereocenters. The topological polar surface area (TPSA) is 72.5 Å². The van der Waals surface area contributed by atoms with Gasteiger partial charge >= 0.3 is 5.97 Å². The fraction of sp³-hybridized carbons (Fsp3) is 0.182. The number of thiophene rings is 2. The molecule has 0 aliphatic heterocycles. The number of anilines is 1.